The quantitative estimate of drug-likeness (QED) is 0.880. The van der Waals surface area contributed by atoms with E-state index in [4.69, 9.17) is 5.11 Å². The van der Waals surface area contributed by atoms with Crippen molar-refractivity contribution in [2.24, 2.45) is 0 Å². The number of carboxylic acid groups (broad SMARTS) is 1. The maximum absolute atomic E-state index is 13.0. The van der Waals surface area contributed by atoms with Crippen LogP contribution in [0.1, 0.15) is 4.88 Å². The fourth-order valence-electron chi connectivity index (χ4n) is 1.56. The first-order chi connectivity index (χ1) is 9.76. The number of carboxylic acids is 1. The molecule has 0 aliphatic heterocycles. The lowest BCUT2D eigenvalue weighted by atomic mass is 10.3. The molecule has 0 unspecified atom stereocenters. The third kappa shape index (κ3) is 3.99. The molecule has 0 bridgehead atoms. The Hall–Kier alpha value is -2.00. The average Bonchev–Trinajstić information content (AvgIpc) is 2.74. The normalized spacial score (nSPS) is 11.3. The molecule has 0 aliphatic rings. The van der Waals surface area contributed by atoms with Gasteiger partial charge in [-0.3, -0.25) is 9.52 Å². The van der Waals surface area contributed by atoms with Crippen LogP contribution < -0.4 is 4.72 Å². The van der Waals surface area contributed by atoms with E-state index in [2.05, 4.69) is 0 Å². The summed E-state index contributed by atoms with van der Waals surface area (Å²) in [5, 5.41) is 8.63. The van der Waals surface area contributed by atoms with Crippen molar-refractivity contribution in [1.82, 2.24) is 0 Å². The van der Waals surface area contributed by atoms with Crippen LogP contribution in [0, 0.1) is 11.6 Å². The molecule has 2 N–H and O–H groups in total. The first-order valence-electron chi connectivity index (χ1n) is 5.56. The van der Waals surface area contributed by atoms with Gasteiger partial charge in [-0.15, -0.1) is 11.3 Å². The Bertz CT molecular complexity index is 766. The first-order valence-corrected chi connectivity index (χ1v) is 7.86. The molecule has 0 spiro atoms. The van der Waals surface area contributed by atoms with Gasteiger partial charge in [0.25, 0.3) is 10.0 Å². The summed E-state index contributed by atoms with van der Waals surface area (Å²) in [7, 11) is -4.02. The lowest BCUT2D eigenvalue weighted by Gasteiger charge is -2.06. The van der Waals surface area contributed by atoms with E-state index in [9.17, 15) is 22.0 Å². The molecule has 0 atom stereocenters. The van der Waals surface area contributed by atoms with Crippen LogP contribution in [0.4, 0.5) is 14.5 Å². The maximum atomic E-state index is 13.0. The summed E-state index contributed by atoms with van der Waals surface area (Å²) in [4.78, 5) is 10.9. The number of sulfonamides is 1. The number of hydrogen-bond donors (Lipinski definition) is 2. The van der Waals surface area contributed by atoms with Gasteiger partial charge in [0.2, 0.25) is 0 Å². The predicted octanol–water partition coefficient (Wildman–Crippen LogP) is 2.45. The van der Waals surface area contributed by atoms with E-state index < -0.39 is 27.6 Å². The van der Waals surface area contributed by atoms with Crippen LogP contribution in [-0.4, -0.2) is 19.5 Å². The minimum Gasteiger partial charge on any atom is -0.481 e. The highest BCUT2D eigenvalue weighted by atomic mass is 32.2. The van der Waals surface area contributed by atoms with Gasteiger partial charge in [-0.1, -0.05) is 0 Å². The van der Waals surface area contributed by atoms with Crippen molar-refractivity contribution < 1.29 is 27.1 Å². The highest BCUT2D eigenvalue weighted by Gasteiger charge is 2.18. The highest BCUT2D eigenvalue weighted by Crippen LogP contribution is 2.25. The van der Waals surface area contributed by atoms with E-state index >= 15 is 0 Å². The van der Waals surface area contributed by atoms with Crippen molar-refractivity contribution in [3.8, 4) is 0 Å². The second kappa shape index (κ2) is 5.78. The average molecular weight is 333 g/mol. The van der Waals surface area contributed by atoms with Gasteiger partial charge in [-0.25, -0.2) is 17.2 Å². The third-order valence-electron chi connectivity index (χ3n) is 2.34. The predicted molar refractivity (Wildman–Crippen MR) is 72.8 cm³/mol. The molecular weight excluding hydrogens is 324 g/mol. The Balaban J connectivity index is 2.25. The molecule has 1 heterocycles. The van der Waals surface area contributed by atoms with Crippen LogP contribution in [0.3, 0.4) is 0 Å². The molecular formula is C12H9F2NO4S2. The first kappa shape index (κ1) is 15.4. The van der Waals surface area contributed by atoms with Gasteiger partial charge in [-0.2, -0.15) is 0 Å². The molecule has 1 aromatic carbocycles. The Labute approximate surface area is 122 Å². The molecule has 0 saturated carbocycles. The minimum atomic E-state index is -4.02. The Morgan fingerprint density at radius 3 is 2.38 bits per heavy atom. The number of carbonyl (C=O) groups is 1. The number of thiophene rings is 1. The zero-order chi connectivity index (χ0) is 15.6. The lowest BCUT2D eigenvalue weighted by molar-refractivity contribution is -0.136. The van der Waals surface area contributed by atoms with Crippen LogP contribution in [0.15, 0.2) is 34.5 Å². The highest BCUT2D eigenvalue weighted by molar-refractivity contribution is 7.94. The summed E-state index contributed by atoms with van der Waals surface area (Å²) < 4.78 is 52.0. The van der Waals surface area contributed by atoms with Crippen molar-refractivity contribution >= 4 is 33.0 Å². The van der Waals surface area contributed by atoms with Crippen molar-refractivity contribution in [3.05, 3.63) is 46.8 Å². The molecule has 21 heavy (non-hydrogen) atoms. The van der Waals surface area contributed by atoms with Crippen molar-refractivity contribution in [1.29, 1.82) is 0 Å². The van der Waals surface area contributed by atoms with Crippen LogP contribution in [0.2, 0.25) is 0 Å². The summed E-state index contributed by atoms with van der Waals surface area (Å²) in [5.41, 5.74) is -0.249. The molecule has 1 aromatic heterocycles. The number of rotatable bonds is 5. The van der Waals surface area contributed by atoms with Crippen molar-refractivity contribution in [2.75, 3.05) is 4.72 Å². The van der Waals surface area contributed by atoms with E-state index in [-0.39, 0.29) is 16.3 Å². The fraction of sp³-hybridized carbons (Fsp3) is 0.0833. The summed E-state index contributed by atoms with van der Waals surface area (Å²) in [6, 6.07) is 4.91. The van der Waals surface area contributed by atoms with Crippen molar-refractivity contribution in [3.63, 3.8) is 0 Å². The number of anilines is 1. The molecule has 2 aromatic rings. The van der Waals surface area contributed by atoms with E-state index in [0.29, 0.717) is 10.9 Å². The lowest BCUT2D eigenvalue weighted by Crippen LogP contribution is -2.11. The number of benzene rings is 1. The number of halogens is 2. The monoisotopic (exact) mass is 333 g/mol. The zero-order valence-corrected chi connectivity index (χ0v) is 12.0. The molecule has 2 rings (SSSR count). The maximum Gasteiger partial charge on any atom is 0.308 e. The molecule has 112 valence electrons. The Kier molecular flexibility index (Phi) is 4.24. The van der Waals surface area contributed by atoms with Crippen LogP contribution in [-0.2, 0) is 21.2 Å². The molecule has 0 amide bonds. The number of nitrogens with one attached hydrogen (secondary N) is 1. The molecule has 0 radical (unpaired) electrons. The number of aliphatic carboxylic acids is 1. The molecule has 9 heteroatoms. The summed E-state index contributed by atoms with van der Waals surface area (Å²) in [6.45, 7) is 0. The second-order valence-corrected chi connectivity index (χ2v) is 7.13. The van der Waals surface area contributed by atoms with Gasteiger partial charge in [-0.05, 0) is 24.3 Å². The van der Waals surface area contributed by atoms with Gasteiger partial charge < -0.3 is 5.11 Å². The SMILES string of the molecule is O=C(O)Cc1ccc(S(=O)(=O)Nc2cc(F)cc(F)c2)s1. The van der Waals surface area contributed by atoms with E-state index in [1.54, 1.807) is 0 Å². The van der Waals surface area contributed by atoms with E-state index in [1.165, 1.54) is 12.1 Å². The summed E-state index contributed by atoms with van der Waals surface area (Å²) in [6.07, 6.45) is -0.297. The van der Waals surface area contributed by atoms with Gasteiger partial charge in [0, 0.05) is 10.9 Å². The van der Waals surface area contributed by atoms with E-state index in [1.807, 2.05) is 4.72 Å². The molecule has 5 nitrogen and oxygen atoms in total. The van der Waals surface area contributed by atoms with Crippen LogP contribution >= 0.6 is 11.3 Å². The topological polar surface area (TPSA) is 83.5 Å². The largest absolute Gasteiger partial charge is 0.481 e. The summed E-state index contributed by atoms with van der Waals surface area (Å²) in [5.74, 6) is -2.91. The van der Waals surface area contributed by atoms with Gasteiger partial charge in [0.1, 0.15) is 15.8 Å². The zero-order valence-electron chi connectivity index (χ0n) is 10.3. The summed E-state index contributed by atoms with van der Waals surface area (Å²) >= 11 is 0.777. The molecule has 0 saturated heterocycles. The minimum absolute atomic E-state index is 0.136. The Morgan fingerprint density at radius 2 is 1.81 bits per heavy atom. The molecule has 0 fully saturated rings. The van der Waals surface area contributed by atoms with Gasteiger partial charge in [0.15, 0.2) is 0 Å². The van der Waals surface area contributed by atoms with Crippen LogP contribution in [0.5, 0.6) is 0 Å². The van der Waals surface area contributed by atoms with Gasteiger partial charge in [0.05, 0.1) is 12.1 Å². The smallest absolute Gasteiger partial charge is 0.308 e. The standard InChI is InChI=1S/C12H9F2NO4S2/c13-7-3-8(14)5-9(4-7)15-21(18,19)12-2-1-10(20-12)6-11(16)17/h1-5,15H,6H2,(H,16,17). The van der Waals surface area contributed by atoms with Gasteiger partial charge >= 0.3 is 5.97 Å². The van der Waals surface area contributed by atoms with Crippen molar-refractivity contribution in [2.45, 2.75) is 10.6 Å². The Morgan fingerprint density at radius 1 is 1.19 bits per heavy atom. The van der Waals surface area contributed by atoms with E-state index in [0.717, 1.165) is 23.5 Å². The number of hydrogen-bond acceptors (Lipinski definition) is 4. The third-order valence-corrected chi connectivity index (χ3v) is 5.30. The molecule has 0 aliphatic carbocycles. The second-order valence-electron chi connectivity index (χ2n) is 4.05. The fourth-order valence-corrected chi connectivity index (χ4v) is 3.95. The van der Waals surface area contributed by atoms with Crippen LogP contribution in [0.25, 0.3) is 0 Å².